The summed E-state index contributed by atoms with van der Waals surface area (Å²) >= 11 is 0. The van der Waals surface area contributed by atoms with Crippen molar-refractivity contribution < 1.29 is 14.7 Å². The average Bonchev–Trinajstić information content (AvgIpc) is 2.94. The highest BCUT2D eigenvalue weighted by atomic mass is 16.4. The summed E-state index contributed by atoms with van der Waals surface area (Å²) in [5.74, 6) is -1.70. The Balaban J connectivity index is 2.20. The number of allylic oxidation sites excluding steroid dienone is 2. The Morgan fingerprint density at radius 1 is 1.39 bits per heavy atom. The van der Waals surface area contributed by atoms with Crippen LogP contribution in [0, 0.1) is 23.7 Å². The van der Waals surface area contributed by atoms with Gasteiger partial charge >= 0.3 is 5.97 Å². The Morgan fingerprint density at radius 3 is 2.50 bits per heavy atom. The summed E-state index contributed by atoms with van der Waals surface area (Å²) in [7, 11) is 0. The van der Waals surface area contributed by atoms with Gasteiger partial charge in [0, 0.05) is 13.1 Å². The molecule has 18 heavy (non-hydrogen) atoms. The van der Waals surface area contributed by atoms with E-state index in [1.165, 1.54) is 0 Å². The Hall–Kier alpha value is -1.58. The van der Waals surface area contributed by atoms with Crippen LogP contribution in [-0.2, 0) is 9.59 Å². The summed E-state index contributed by atoms with van der Waals surface area (Å²) in [5.41, 5.74) is 0. The van der Waals surface area contributed by atoms with E-state index in [1.54, 1.807) is 11.0 Å². The highest BCUT2D eigenvalue weighted by molar-refractivity contribution is 5.87. The zero-order valence-corrected chi connectivity index (χ0v) is 10.6. The highest BCUT2D eigenvalue weighted by Crippen LogP contribution is 2.48. The maximum atomic E-state index is 12.5. The van der Waals surface area contributed by atoms with Crippen LogP contribution in [0.15, 0.2) is 24.8 Å². The minimum absolute atomic E-state index is 0.0314. The second-order valence-corrected chi connectivity index (χ2v) is 5.00. The lowest BCUT2D eigenvalue weighted by Crippen LogP contribution is -2.42. The molecule has 0 aliphatic heterocycles. The van der Waals surface area contributed by atoms with Gasteiger partial charge in [-0.2, -0.15) is 0 Å². The number of hydrogen-bond donors (Lipinski definition) is 1. The quantitative estimate of drug-likeness (QED) is 0.752. The molecular weight excluding hydrogens is 230 g/mol. The molecule has 0 aromatic carbocycles. The van der Waals surface area contributed by atoms with Gasteiger partial charge in [-0.15, -0.1) is 6.58 Å². The number of carbonyl (C=O) groups is 2. The first-order valence-corrected chi connectivity index (χ1v) is 6.41. The number of amides is 1. The van der Waals surface area contributed by atoms with E-state index < -0.39 is 17.8 Å². The maximum Gasteiger partial charge on any atom is 0.307 e. The SMILES string of the molecule is C=CCN(CC)C(=O)C1C2C=CC(C2)C1C(=O)O. The van der Waals surface area contributed by atoms with Crippen LogP contribution in [0.1, 0.15) is 13.3 Å². The Kier molecular flexibility index (Phi) is 3.55. The van der Waals surface area contributed by atoms with Crippen molar-refractivity contribution in [3.8, 4) is 0 Å². The van der Waals surface area contributed by atoms with Crippen molar-refractivity contribution in [2.75, 3.05) is 13.1 Å². The van der Waals surface area contributed by atoms with Crippen LogP contribution < -0.4 is 0 Å². The molecule has 0 saturated heterocycles. The van der Waals surface area contributed by atoms with Crippen LogP contribution in [0.25, 0.3) is 0 Å². The van der Waals surface area contributed by atoms with E-state index in [0.717, 1.165) is 6.42 Å². The number of rotatable bonds is 5. The molecule has 0 radical (unpaired) electrons. The number of nitrogens with zero attached hydrogens (tertiary/aromatic N) is 1. The molecule has 1 N–H and O–H groups in total. The van der Waals surface area contributed by atoms with Crippen molar-refractivity contribution in [3.05, 3.63) is 24.8 Å². The van der Waals surface area contributed by atoms with E-state index in [1.807, 2.05) is 19.1 Å². The van der Waals surface area contributed by atoms with Crippen LogP contribution in [0.2, 0.25) is 0 Å². The summed E-state index contributed by atoms with van der Waals surface area (Å²) in [6.45, 7) is 6.62. The van der Waals surface area contributed by atoms with Crippen molar-refractivity contribution in [2.24, 2.45) is 23.7 Å². The number of hydrogen-bond acceptors (Lipinski definition) is 2. The van der Waals surface area contributed by atoms with E-state index in [2.05, 4.69) is 6.58 Å². The zero-order valence-electron chi connectivity index (χ0n) is 10.6. The van der Waals surface area contributed by atoms with Crippen LogP contribution >= 0.6 is 0 Å². The third-order valence-corrected chi connectivity index (χ3v) is 4.07. The maximum absolute atomic E-state index is 12.5. The second kappa shape index (κ2) is 4.96. The predicted molar refractivity (Wildman–Crippen MR) is 67.8 cm³/mol. The molecule has 0 spiro atoms. The van der Waals surface area contributed by atoms with Crippen molar-refractivity contribution in [3.63, 3.8) is 0 Å². The lowest BCUT2D eigenvalue weighted by molar-refractivity contribution is -0.150. The minimum atomic E-state index is -0.847. The predicted octanol–water partition coefficient (Wildman–Crippen LogP) is 1.54. The number of carbonyl (C=O) groups excluding carboxylic acids is 1. The molecule has 4 atom stereocenters. The van der Waals surface area contributed by atoms with Crippen LogP contribution in [-0.4, -0.2) is 35.0 Å². The summed E-state index contributed by atoms with van der Waals surface area (Å²) in [4.78, 5) is 25.5. The number of likely N-dealkylation sites (N-methyl/N-ethyl adjacent to an activating group) is 1. The van der Waals surface area contributed by atoms with Crippen molar-refractivity contribution >= 4 is 11.9 Å². The van der Waals surface area contributed by atoms with Gasteiger partial charge < -0.3 is 10.0 Å². The molecule has 4 nitrogen and oxygen atoms in total. The van der Waals surface area contributed by atoms with E-state index in [-0.39, 0.29) is 17.7 Å². The van der Waals surface area contributed by atoms with Gasteiger partial charge in [0.1, 0.15) is 0 Å². The number of carboxylic acid groups (broad SMARTS) is 1. The van der Waals surface area contributed by atoms with E-state index >= 15 is 0 Å². The number of carboxylic acids is 1. The molecule has 2 aliphatic rings. The van der Waals surface area contributed by atoms with Gasteiger partial charge in [0.2, 0.25) is 5.91 Å². The fourth-order valence-electron chi connectivity index (χ4n) is 3.24. The van der Waals surface area contributed by atoms with Crippen LogP contribution in [0.4, 0.5) is 0 Å². The largest absolute Gasteiger partial charge is 0.481 e. The van der Waals surface area contributed by atoms with Gasteiger partial charge in [-0.25, -0.2) is 0 Å². The molecular formula is C14H19NO3. The Bertz CT molecular complexity index is 402. The molecule has 0 aromatic heterocycles. The van der Waals surface area contributed by atoms with Gasteiger partial charge in [0.15, 0.2) is 0 Å². The van der Waals surface area contributed by atoms with Crippen LogP contribution in [0.3, 0.4) is 0 Å². The molecule has 2 bridgehead atoms. The van der Waals surface area contributed by atoms with Gasteiger partial charge in [-0.1, -0.05) is 18.2 Å². The Labute approximate surface area is 107 Å². The van der Waals surface area contributed by atoms with Crippen LogP contribution in [0.5, 0.6) is 0 Å². The first kappa shape index (κ1) is 12.9. The molecule has 1 saturated carbocycles. The number of fused-ring (bicyclic) bond motifs is 2. The first-order chi connectivity index (χ1) is 8.60. The molecule has 2 aliphatic carbocycles. The standard InChI is InChI=1S/C14H19NO3/c1-3-7-15(4-2)13(16)11-9-5-6-10(8-9)12(11)14(17)18/h3,5-6,9-12H,1,4,7-8H2,2H3,(H,17,18). The van der Waals surface area contributed by atoms with Gasteiger partial charge in [-0.05, 0) is 25.2 Å². The first-order valence-electron chi connectivity index (χ1n) is 6.41. The minimum Gasteiger partial charge on any atom is -0.481 e. The summed E-state index contributed by atoms with van der Waals surface area (Å²) in [5, 5.41) is 9.31. The smallest absolute Gasteiger partial charge is 0.307 e. The monoisotopic (exact) mass is 249 g/mol. The number of aliphatic carboxylic acids is 1. The lowest BCUT2D eigenvalue weighted by Gasteiger charge is -2.29. The van der Waals surface area contributed by atoms with Crippen molar-refractivity contribution in [1.82, 2.24) is 4.90 Å². The summed E-state index contributed by atoms with van der Waals surface area (Å²) in [6.07, 6.45) is 6.45. The van der Waals surface area contributed by atoms with E-state index in [4.69, 9.17) is 0 Å². The molecule has 98 valence electrons. The van der Waals surface area contributed by atoms with Gasteiger partial charge in [0.05, 0.1) is 11.8 Å². The van der Waals surface area contributed by atoms with E-state index in [0.29, 0.717) is 13.1 Å². The van der Waals surface area contributed by atoms with Crippen molar-refractivity contribution in [2.45, 2.75) is 13.3 Å². The van der Waals surface area contributed by atoms with Gasteiger partial charge in [0.25, 0.3) is 0 Å². The zero-order chi connectivity index (χ0) is 13.3. The topological polar surface area (TPSA) is 57.6 Å². The molecule has 0 heterocycles. The average molecular weight is 249 g/mol. The second-order valence-electron chi connectivity index (χ2n) is 5.00. The fourth-order valence-corrected chi connectivity index (χ4v) is 3.24. The summed E-state index contributed by atoms with van der Waals surface area (Å²) < 4.78 is 0. The molecule has 4 heteroatoms. The highest BCUT2D eigenvalue weighted by Gasteiger charge is 2.52. The molecule has 2 rings (SSSR count). The normalized spacial score (nSPS) is 32.5. The lowest BCUT2D eigenvalue weighted by atomic mass is 9.82. The molecule has 0 aromatic rings. The van der Waals surface area contributed by atoms with Gasteiger partial charge in [-0.3, -0.25) is 9.59 Å². The fraction of sp³-hybridized carbons (Fsp3) is 0.571. The molecule has 4 unspecified atom stereocenters. The Morgan fingerprint density at radius 2 is 2.00 bits per heavy atom. The molecule has 1 amide bonds. The summed E-state index contributed by atoms with van der Waals surface area (Å²) in [6, 6.07) is 0. The third-order valence-electron chi connectivity index (χ3n) is 4.07. The van der Waals surface area contributed by atoms with Crippen molar-refractivity contribution in [1.29, 1.82) is 0 Å². The third kappa shape index (κ3) is 1.96. The molecule has 1 fully saturated rings. The van der Waals surface area contributed by atoms with E-state index in [9.17, 15) is 14.7 Å².